The molecule has 2 aliphatic rings. The molecule has 1 fully saturated rings. The van der Waals surface area contributed by atoms with Crippen LogP contribution in [-0.2, 0) is 16.0 Å². The van der Waals surface area contributed by atoms with E-state index < -0.39 is 18.3 Å². The number of likely N-dealkylation sites (tertiary alicyclic amines) is 1. The van der Waals surface area contributed by atoms with Gasteiger partial charge >= 0.3 is 5.92 Å². The van der Waals surface area contributed by atoms with E-state index in [0.717, 1.165) is 12.8 Å². The number of carbonyl (C=O) groups is 2. The van der Waals surface area contributed by atoms with Crippen LogP contribution in [-0.4, -0.2) is 50.1 Å². The summed E-state index contributed by atoms with van der Waals surface area (Å²) in [4.78, 5) is 34.0. The standard InChI is InChI=1S/C20H19F2N5O2S/c21-20(22)6-3-15-9-14(11-23-18(15)25-19(20)29)1-2-17(28)27-7-4-13(5-8-27)10-16-24-12-30-26-16/h1-2,9-12H,3-8H2,(H,23,25,29)/b2-1+. The zero-order valence-corrected chi connectivity index (χ0v) is 16.8. The van der Waals surface area contributed by atoms with Gasteiger partial charge in [-0.25, -0.2) is 9.97 Å². The number of piperidine rings is 1. The molecule has 0 spiro atoms. The molecule has 2 aromatic rings. The summed E-state index contributed by atoms with van der Waals surface area (Å²) in [5.41, 5.74) is 4.05. The summed E-state index contributed by atoms with van der Waals surface area (Å²) in [5.74, 6) is -4.01. The molecule has 10 heteroatoms. The highest BCUT2D eigenvalue weighted by molar-refractivity contribution is 7.03. The van der Waals surface area contributed by atoms with Crippen LogP contribution >= 0.6 is 11.5 Å². The number of fused-ring (bicyclic) bond motifs is 1. The second-order valence-electron chi connectivity index (χ2n) is 7.19. The van der Waals surface area contributed by atoms with Crippen molar-refractivity contribution in [3.05, 3.63) is 46.4 Å². The van der Waals surface area contributed by atoms with Gasteiger partial charge in [-0.2, -0.15) is 13.2 Å². The predicted octanol–water partition coefficient (Wildman–Crippen LogP) is 3.17. The molecule has 1 N–H and O–H groups in total. The Kier molecular flexibility index (Phi) is 5.67. The van der Waals surface area contributed by atoms with E-state index in [4.69, 9.17) is 0 Å². The molecule has 7 nitrogen and oxygen atoms in total. The molecule has 2 aromatic heterocycles. The number of rotatable bonds is 3. The molecule has 0 unspecified atom stereocenters. The summed E-state index contributed by atoms with van der Waals surface area (Å²) in [7, 11) is 0. The lowest BCUT2D eigenvalue weighted by Gasteiger charge is -2.27. The van der Waals surface area contributed by atoms with Gasteiger partial charge in [0.05, 0.1) is 0 Å². The topological polar surface area (TPSA) is 88.1 Å². The van der Waals surface area contributed by atoms with E-state index in [1.807, 2.05) is 6.08 Å². The van der Waals surface area contributed by atoms with Crippen molar-refractivity contribution in [2.24, 2.45) is 0 Å². The van der Waals surface area contributed by atoms with E-state index in [1.165, 1.54) is 29.4 Å². The Bertz CT molecular complexity index is 1010. The van der Waals surface area contributed by atoms with Crippen molar-refractivity contribution < 1.29 is 18.4 Å². The number of aryl methyl sites for hydroxylation is 1. The van der Waals surface area contributed by atoms with Gasteiger partial charge in [-0.1, -0.05) is 5.57 Å². The summed E-state index contributed by atoms with van der Waals surface area (Å²) in [5, 5.41) is 2.16. The van der Waals surface area contributed by atoms with Crippen LogP contribution in [0.1, 0.15) is 36.2 Å². The Hall–Kier alpha value is -3.01. The maximum absolute atomic E-state index is 13.6. The smallest absolute Gasteiger partial charge is 0.325 e. The highest BCUT2D eigenvalue weighted by Gasteiger charge is 2.41. The van der Waals surface area contributed by atoms with Crippen LogP contribution in [0.5, 0.6) is 0 Å². The van der Waals surface area contributed by atoms with E-state index in [1.54, 1.807) is 22.6 Å². The quantitative estimate of drug-likeness (QED) is 0.755. The lowest BCUT2D eigenvalue weighted by atomic mass is 10.0. The second-order valence-corrected chi connectivity index (χ2v) is 7.79. The van der Waals surface area contributed by atoms with E-state index in [2.05, 4.69) is 19.7 Å². The van der Waals surface area contributed by atoms with E-state index in [9.17, 15) is 18.4 Å². The summed E-state index contributed by atoms with van der Waals surface area (Å²) in [6.07, 6.45) is 7.50. The number of hydrogen-bond acceptors (Lipinski definition) is 6. The molecular weight excluding hydrogens is 412 g/mol. The minimum absolute atomic E-state index is 0.0266. The zero-order chi connectivity index (χ0) is 21.1. The number of anilines is 1. The van der Waals surface area contributed by atoms with Gasteiger partial charge in [0.25, 0.3) is 5.91 Å². The average molecular weight is 431 g/mol. The number of nitrogens with zero attached hydrogens (tertiary/aromatic N) is 4. The SMILES string of the molecule is O=C(/C=C/c1cnc2c(c1)CCC(F)(F)C(=O)N2)N1CCC(=Cc2ncsn2)CC1. The lowest BCUT2D eigenvalue weighted by Crippen LogP contribution is -2.35. The Balaban J connectivity index is 1.37. The minimum atomic E-state index is -3.41. The van der Waals surface area contributed by atoms with Crippen molar-refractivity contribution in [1.29, 1.82) is 0 Å². The molecule has 30 heavy (non-hydrogen) atoms. The fraction of sp³-hybridized carbons (Fsp3) is 0.350. The van der Waals surface area contributed by atoms with Crippen LogP contribution < -0.4 is 5.32 Å². The van der Waals surface area contributed by atoms with Crippen LogP contribution in [0.25, 0.3) is 12.2 Å². The van der Waals surface area contributed by atoms with Crippen molar-refractivity contribution in [3.8, 4) is 0 Å². The summed E-state index contributed by atoms with van der Waals surface area (Å²) in [6.45, 7) is 1.23. The first-order chi connectivity index (χ1) is 14.4. The highest BCUT2D eigenvalue weighted by Crippen LogP contribution is 2.29. The minimum Gasteiger partial charge on any atom is -0.339 e. The van der Waals surface area contributed by atoms with E-state index in [-0.39, 0.29) is 18.1 Å². The van der Waals surface area contributed by atoms with Crippen LogP contribution in [0.3, 0.4) is 0 Å². The Morgan fingerprint density at radius 2 is 2.03 bits per heavy atom. The second kappa shape index (κ2) is 8.39. The van der Waals surface area contributed by atoms with Gasteiger partial charge < -0.3 is 10.2 Å². The maximum Gasteiger partial charge on any atom is 0.325 e. The summed E-state index contributed by atoms with van der Waals surface area (Å²) < 4.78 is 31.4. The molecule has 0 bridgehead atoms. The number of aromatic nitrogens is 3. The van der Waals surface area contributed by atoms with E-state index in [0.29, 0.717) is 30.0 Å². The van der Waals surface area contributed by atoms with Gasteiger partial charge in [-0.05, 0) is 60.1 Å². The Morgan fingerprint density at radius 3 is 2.77 bits per heavy atom. The van der Waals surface area contributed by atoms with Gasteiger partial charge in [-0.15, -0.1) is 0 Å². The third-order valence-electron chi connectivity index (χ3n) is 5.11. The molecule has 0 saturated carbocycles. The van der Waals surface area contributed by atoms with Gasteiger partial charge in [0.15, 0.2) is 5.82 Å². The third kappa shape index (κ3) is 4.59. The monoisotopic (exact) mass is 431 g/mol. The van der Waals surface area contributed by atoms with Crippen LogP contribution in [0.4, 0.5) is 14.6 Å². The van der Waals surface area contributed by atoms with Crippen LogP contribution in [0, 0.1) is 0 Å². The summed E-state index contributed by atoms with van der Waals surface area (Å²) >= 11 is 1.31. The molecule has 4 rings (SSSR count). The van der Waals surface area contributed by atoms with Gasteiger partial charge in [0, 0.05) is 31.8 Å². The molecule has 4 heterocycles. The van der Waals surface area contributed by atoms with Crippen molar-refractivity contribution in [2.45, 2.75) is 31.6 Å². The van der Waals surface area contributed by atoms with Gasteiger partial charge in [0.2, 0.25) is 5.91 Å². The van der Waals surface area contributed by atoms with Crippen molar-refractivity contribution in [3.63, 3.8) is 0 Å². The molecule has 0 aliphatic carbocycles. The first-order valence-corrected chi connectivity index (χ1v) is 10.4. The van der Waals surface area contributed by atoms with E-state index >= 15 is 0 Å². The van der Waals surface area contributed by atoms with Gasteiger partial charge in [0.1, 0.15) is 11.3 Å². The molecule has 0 aromatic carbocycles. The Morgan fingerprint density at radius 1 is 1.23 bits per heavy atom. The van der Waals surface area contributed by atoms with Crippen molar-refractivity contribution >= 4 is 41.3 Å². The fourth-order valence-corrected chi connectivity index (χ4v) is 3.79. The first-order valence-electron chi connectivity index (χ1n) is 9.52. The average Bonchev–Trinajstić information content (AvgIpc) is 3.21. The molecule has 156 valence electrons. The molecule has 0 atom stereocenters. The zero-order valence-electron chi connectivity index (χ0n) is 16.0. The molecule has 0 radical (unpaired) electrons. The van der Waals surface area contributed by atoms with Gasteiger partial charge in [-0.3, -0.25) is 9.59 Å². The number of carbonyl (C=O) groups excluding carboxylic acids is 2. The molecule has 2 amide bonds. The largest absolute Gasteiger partial charge is 0.339 e. The Labute approximate surface area is 175 Å². The highest BCUT2D eigenvalue weighted by atomic mass is 32.1. The number of pyridine rings is 1. The molecule has 2 aliphatic heterocycles. The van der Waals surface area contributed by atoms with Crippen molar-refractivity contribution in [1.82, 2.24) is 19.2 Å². The van der Waals surface area contributed by atoms with Crippen LogP contribution in [0.2, 0.25) is 0 Å². The number of nitrogens with one attached hydrogen (secondary N) is 1. The number of hydrogen-bond donors (Lipinski definition) is 1. The number of halogens is 2. The first kappa shape index (κ1) is 20.3. The third-order valence-corrected chi connectivity index (χ3v) is 5.60. The van der Waals surface area contributed by atoms with Crippen molar-refractivity contribution in [2.75, 3.05) is 18.4 Å². The number of amides is 2. The molecular formula is C20H19F2N5O2S. The normalized spacial score (nSPS) is 18.7. The fourth-order valence-electron chi connectivity index (χ4n) is 3.38. The lowest BCUT2D eigenvalue weighted by molar-refractivity contribution is -0.140. The summed E-state index contributed by atoms with van der Waals surface area (Å²) in [6, 6.07) is 1.67. The predicted molar refractivity (Wildman–Crippen MR) is 109 cm³/mol. The molecule has 1 saturated heterocycles. The number of alkyl halides is 2. The maximum atomic E-state index is 13.6. The van der Waals surface area contributed by atoms with Crippen LogP contribution in [0.15, 0.2) is 29.4 Å².